The van der Waals surface area contributed by atoms with Gasteiger partial charge in [0.25, 0.3) is 0 Å². The number of methoxy groups -OCH3 is 1. The lowest BCUT2D eigenvalue weighted by Crippen LogP contribution is -2.39. The van der Waals surface area contributed by atoms with Crippen molar-refractivity contribution >= 4 is 27.7 Å². The molecule has 0 aromatic carbocycles. The molecule has 0 N–H and O–H groups in total. The van der Waals surface area contributed by atoms with E-state index in [0.717, 1.165) is 29.7 Å². The van der Waals surface area contributed by atoms with E-state index in [0.29, 0.717) is 6.54 Å². The number of pyridine rings is 1. The average molecular weight is 299 g/mol. The molecule has 0 saturated carbocycles. The van der Waals surface area contributed by atoms with Gasteiger partial charge in [0, 0.05) is 19.3 Å². The smallest absolute Gasteiger partial charge is 0.310 e. The third-order valence-corrected chi connectivity index (χ3v) is 3.61. The number of halogens is 1. The van der Waals surface area contributed by atoms with Gasteiger partial charge in [0.15, 0.2) is 0 Å². The monoisotopic (exact) mass is 298 g/mol. The molecule has 92 valence electrons. The van der Waals surface area contributed by atoms with E-state index in [9.17, 15) is 4.79 Å². The van der Waals surface area contributed by atoms with Crippen LogP contribution in [-0.2, 0) is 9.53 Å². The van der Waals surface area contributed by atoms with Gasteiger partial charge in [0.1, 0.15) is 5.82 Å². The Balaban J connectivity index is 2.12. The summed E-state index contributed by atoms with van der Waals surface area (Å²) in [5, 5.41) is 0. The molecule has 2 heterocycles. The lowest BCUT2D eigenvalue weighted by molar-refractivity contribution is -0.145. The average Bonchev–Trinajstić information content (AvgIpc) is 2.38. The Morgan fingerprint density at radius 3 is 3.18 bits per heavy atom. The van der Waals surface area contributed by atoms with Gasteiger partial charge in [0.05, 0.1) is 17.5 Å². The molecule has 5 heteroatoms. The summed E-state index contributed by atoms with van der Waals surface area (Å²) in [5.74, 6) is 0.741. The number of carbonyl (C=O) groups is 1. The van der Waals surface area contributed by atoms with Gasteiger partial charge in [-0.2, -0.15) is 0 Å². The van der Waals surface area contributed by atoms with Crippen LogP contribution in [0, 0.1) is 5.92 Å². The maximum Gasteiger partial charge on any atom is 0.310 e. The zero-order valence-corrected chi connectivity index (χ0v) is 11.3. The number of esters is 1. The number of rotatable bonds is 2. The highest BCUT2D eigenvalue weighted by Crippen LogP contribution is 2.27. The molecule has 1 fully saturated rings. The number of carbonyl (C=O) groups excluding carboxylic acids is 1. The number of aromatic nitrogens is 1. The Kier molecular flexibility index (Phi) is 3.99. The second kappa shape index (κ2) is 5.49. The number of piperidine rings is 1. The van der Waals surface area contributed by atoms with Crippen molar-refractivity contribution in [3.63, 3.8) is 0 Å². The Morgan fingerprint density at radius 1 is 1.65 bits per heavy atom. The number of ether oxygens (including phenoxy) is 1. The van der Waals surface area contributed by atoms with Crippen LogP contribution >= 0.6 is 15.9 Å². The molecule has 2 rings (SSSR count). The van der Waals surface area contributed by atoms with E-state index in [1.54, 1.807) is 6.20 Å². The highest BCUT2D eigenvalue weighted by molar-refractivity contribution is 9.10. The van der Waals surface area contributed by atoms with Gasteiger partial charge in [-0.15, -0.1) is 0 Å². The van der Waals surface area contributed by atoms with Crippen molar-refractivity contribution in [1.29, 1.82) is 0 Å². The molecule has 0 spiro atoms. The Bertz CT molecular complexity index is 411. The molecule has 0 aliphatic carbocycles. The van der Waals surface area contributed by atoms with Crippen molar-refractivity contribution in [2.24, 2.45) is 5.92 Å². The van der Waals surface area contributed by atoms with Crippen molar-refractivity contribution in [2.45, 2.75) is 12.8 Å². The van der Waals surface area contributed by atoms with Gasteiger partial charge in [-0.05, 0) is 40.9 Å². The quantitative estimate of drug-likeness (QED) is 0.785. The molecule has 1 saturated heterocycles. The second-order valence-electron chi connectivity index (χ2n) is 4.12. The molecule has 1 aromatic heterocycles. The summed E-state index contributed by atoms with van der Waals surface area (Å²) in [7, 11) is 1.44. The fourth-order valence-corrected chi connectivity index (χ4v) is 2.64. The summed E-state index contributed by atoms with van der Waals surface area (Å²) in [6.45, 7) is 1.62. The van der Waals surface area contributed by atoms with Gasteiger partial charge in [-0.25, -0.2) is 4.98 Å². The van der Waals surface area contributed by atoms with Crippen LogP contribution in [0.2, 0.25) is 0 Å². The van der Waals surface area contributed by atoms with Crippen molar-refractivity contribution in [3.05, 3.63) is 22.8 Å². The molecule has 0 amide bonds. The number of hydrogen-bond donors (Lipinski definition) is 0. The van der Waals surface area contributed by atoms with Crippen molar-refractivity contribution in [3.8, 4) is 0 Å². The lowest BCUT2D eigenvalue weighted by Gasteiger charge is -2.32. The fourth-order valence-electron chi connectivity index (χ4n) is 2.14. The Morgan fingerprint density at radius 2 is 2.47 bits per heavy atom. The van der Waals surface area contributed by atoms with E-state index in [-0.39, 0.29) is 11.9 Å². The van der Waals surface area contributed by atoms with Crippen LogP contribution in [0.3, 0.4) is 0 Å². The summed E-state index contributed by atoms with van der Waals surface area (Å²) in [5.41, 5.74) is 0. The number of anilines is 1. The highest BCUT2D eigenvalue weighted by Gasteiger charge is 2.27. The van der Waals surface area contributed by atoms with Crippen LogP contribution in [0.5, 0.6) is 0 Å². The minimum Gasteiger partial charge on any atom is -0.469 e. The molecule has 1 aliphatic heterocycles. The molecule has 4 nitrogen and oxygen atoms in total. The van der Waals surface area contributed by atoms with Crippen LogP contribution in [0.25, 0.3) is 0 Å². The van der Waals surface area contributed by atoms with Crippen molar-refractivity contribution < 1.29 is 9.53 Å². The minimum absolute atomic E-state index is 0.0392. The van der Waals surface area contributed by atoms with Gasteiger partial charge in [0.2, 0.25) is 0 Å². The van der Waals surface area contributed by atoms with Crippen LogP contribution in [0.15, 0.2) is 22.8 Å². The predicted molar refractivity (Wildman–Crippen MR) is 68.9 cm³/mol. The summed E-state index contributed by atoms with van der Waals surface area (Å²) >= 11 is 3.49. The standard InChI is InChI=1S/C12H15BrN2O2/c1-17-12(16)9-4-3-7-15(8-9)11-10(13)5-2-6-14-11/h2,5-6,9H,3-4,7-8H2,1H3. The first-order chi connectivity index (χ1) is 8.22. The van der Waals surface area contributed by atoms with Crippen LogP contribution < -0.4 is 4.90 Å². The molecule has 0 bridgehead atoms. The largest absolute Gasteiger partial charge is 0.469 e. The van der Waals surface area contributed by atoms with E-state index < -0.39 is 0 Å². The zero-order chi connectivity index (χ0) is 12.3. The molecule has 17 heavy (non-hydrogen) atoms. The number of nitrogens with zero attached hydrogens (tertiary/aromatic N) is 2. The molecule has 0 radical (unpaired) electrons. The zero-order valence-electron chi connectivity index (χ0n) is 9.73. The molecular weight excluding hydrogens is 284 g/mol. The van der Waals surface area contributed by atoms with E-state index in [2.05, 4.69) is 25.8 Å². The summed E-state index contributed by atoms with van der Waals surface area (Å²) in [6, 6.07) is 3.85. The van der Waals surface area contributed by atoms with Gasteiger partial charge in [-0.3, -0.25) is 4.79 Å². The van der Waals surface area contributed by atoms with E-state index in [1.807, 2.05) is 12.1 Å². The Labute approximate surface area is 109 Å². The van der Waals surface area contributed by atoms with E-state index >= 15 is 0 Å². The van der Waals surface area contributed by atoms with Gasteiger partial charge in [-0.1, -0.05) is 0 Å². The highest BCUT2D eigenvalue weighted by atomic mass is 79.9. The minimum atomic E-state index is -0.123. The topological polar surface area (TPSA) is 42.4 Å². The SMILES string of the molecule is COC(=O)C1CCCN(c2ncccc2Br)C1. The van der Waals surface area contributed by atoms with E-state index in [4.69, 9.17) is 4.74 Å². The summed E-state index contributed by atoms with van der Waals surface area (Å²) in [6.07, 6.45) is 3.65. The molecule has 1 atom stereocenters. The van der Waals surface area contributed by atoms with Crippen LogP contribution in [0.1, 0.15) is 12.8 Å². The summed E-state index contributed by atoms with van der Waals surface area (Å²) < 4.78 is 5.77. The molecule has 1 aromatic rings. The van der Waals surface area contributed by atoms with Crippen molar-refractivity contribution in [2.75, 3.05) is 25.1 Å². The maximum absolute atomic E-state index is 11.5. The lowest BCUT2D eigenvalue weighted by atomic mass is 9.98. The predicted octanol–water partition coefficient (Wildman–Crippen LogP) is 2.23. The second-order valence-corrected chi connectivity index (χ2v) is 4.97. The fraction of sp³-hybridized carbons (Fsp3) is 0.500. The molecule has 1 aliphatic rings. The first-order valence-electron chi connectivity index (χ1n) is 5.65. The number of hydrogen-bond acceptors (Lipinski definition) is 4. The first-order valence-corrected chi connectivity index (χ1v) is 6.45. The van der Waals surface area contributed by atoms with Crippen LogP contribution in [0.4, 0.5) is 5.82 Å². The van der Waals surface area contributed by atoms with Gasteiger partial charge >= 0.3 is 5.97 Å². The van der Waals surface area contributed by atoms with Crippen molar-refractivity contribution in [1.82, 2.24) is 4.98 Å². The van der Waals surface area contributed by atoms with Crippen LogP contribution in [-0.4, -0.2) is 31.2 Å². The molecular formula is C12H15BrN2O2. The third kappa shape index (κ3) is 2.77. The third-order valence-electron chi connectivity index (χ3n) is 2.99. The van der Waals surface area contributed by atoms with Gasteiger partial charge < -0.3 is 9.64 Å². The maximum atomic E-state index is 11.5. The Hall–Kier alpha value is -1.10. The first kappa shape index (κ1) is 12.4. The normalized spacial score (nSPS) is 20.1. The molecule has 1 unspecified atom stereocenters. The summed E-state index contributed by atoms with van der Waals surface area (Å²) in [4.78, 5) is 18.0. The van der Waals surface area contributed by atoms with E-state index in [1.165, 1.54) is 7.11 Å².